The summed E-state index contributed by atoms with van der Waals surface area (Å²) in [7, 11) is 0. The molecule has 0 aliphatic heterocycles. The molecule has 15 heavy (non-hydrogen) atoms. The fraction of sp³-hybridized carbons (Fsp3) is 0.200. The van der Waals surface area contributed by atoms with Crippen LogP contribution in [0.15, 0.2) is 6.07 Å². The van der Waals surface area contributed by atoms with Crippen LogP contribution in [0.3, 0.4) is 0 Å². The van der Waals surface area contributed by atoms with Gasteiger partial charge < -0.3 is 15.9 Å². The second-order valence-electron chi connectivity index (χ2n) is 3.28. The summed E-state index contributed by atoms with van der Waals surface area (Å²) in [6, 6.07) is 1.50. The number of carbonyl (C=O) groups is 2. The lowest BCUT2D eigenvalue weighted by atomic mass is 9.97. The molecule has 0 spiro atoms. The number of benzene rings is 1. The third-order valence-corrected chi connectivity index (χ3v) is 2.19. The van der Waals surface area contributed by atoms with Crippen LogP contribution in [0.4, 0.5) is 5.69 Å². The van der Waals surface area contributed by atoms with Crippen LogP contribution in [0.1, 0.15) is 31.8 Å². The van der Waals surface area contributed by atoms with Crippen molar-refractivity contribution in [3.8, 4) is 0 Å². The van der Waals surface area contributed by atoms with E-state index in [1.165, 1.54) is 6.07 Å². The molecule has 0 aliphatic carbocycles. The van der Waals surface area contributed by atoms with E-state index < -0.39 is 11.9 Å². The maximum Gasteiger partial charge on any atom is 0.338 e. The summed E-state index contributed by atoms with van der Waals surface area (Å²) in [5.41, 5.74) is 5.98. The van der Waals surface area contributed by atoms with Crippen molar-refractivity contribution in [1.29, 1.82) is 0 Å². The fourth-order valence-corrected chi connectivity index (χ4v) is 1.59. The van der Waals surface area contributed by atoms with E-state index >= 15 is 0 Å². The number of nitrogens with two attached hydrogens (primary N) is 1. The second-order valence-corrected chi connectivity index (χ2v) is 3.28. The highest BCUT2D eigenvalue weighted by Gasteiger charge is 2.20. The van der Waals surface area contributed by atoms with Crippen LogP contribution in [0.25, 0.3) is 0 Å². The summed E-state index contributed by atoms with van der Waals surface area (Å²) < 4.78 is 0. The van der Waals surface area contributed by atoms with Gasteiger partial charge in [0.2, 0.25) is 0 Å². The Morgan fingerprint density at radius 3 is 1.67 bits per heavy atom. The Morgan fingerprint density at radius 2 is 1.40 bits per heavy atom. The lowest BCUT2D eigenvalue weighted by Gasteiger charge is -2.10. The Kier molecular flexibility index (Phi) is 2.65. The van der Waals surface area contributed by atoms with Crippen molar-refractivity contribution in [3.63, 3.8) is 0 Å². The molecular formula is C10H11NO4. The van der Waals surface area contributed by atoms with Crippen LogP contribution in [-0.2, 0) is 0 Å². The topological polar surface area (TPSA) is 101 Å². The van der Waals surface area contributed by atoms with E-state index in [1.807, 2.05) is 0 Å². The van der Waals surface area contributed by atoms with Crippen molar-refractivity contribution in [2.45, 2.75) is 13.8 Å². The third-order valence-electron chi connectivity index (χ3n) is 2.19. The number of aromatic carboxylic acids is 2. The van der Waals surface area contributed by atoms with Gasteiger partial charge >= 0.3 is 11.9 Å². The third kappa shape index (κ3) is 1.76. The van der Waals surface area contributed by atoms with Gasteiger partial charge in [-0.15, -0.1) is 0 Å². The molecule has 0 aliphatic rings. The molecule has 0 unspecified atom stereocenters. The molecule has 0 heterocycles. The van der Waals surface area contributed by atoms with Crippen molar-refractivity contribution >= 4 is 17.6 Å². The highest BCUT2D eigenvalue weighted by Crippen LogP contribution is 2.25. The smallest absolute Gasteiger partial charge is 0.338 e. The first-order chi connectivity index (χ1) is 6.86. The number of carboxylic acids is 2. The quantitative estimate of drug-likeness (QED) is 0.637. The monoisotopic (exact) mass is 209 g/mol. The molecule has 80 valence electrons. The maximum absolute atomic E-state index is 10.9. The molecule has 5 heteroatoms. The van der Waals surface area contributed by atoms with Gasteiger partial charge in [-0.3, -0.25) is 0 Å². The number of rotatable bonds is 2. The van der Waals surface area contributed by atoms with Gasteiger partial charge in [-0.05, 0) is 25.0 Å². The summed E-state index contributed by atoms with van der Waals surface area (Å²) >= 11 is 0. The van der Waals surface area contributed by atoms with Crippen LogP contribution in [0.5, 0.6) is 0 Å². The van der Waals surface area contributed by atoms with Crippen molar-refractivity contribution in [2.24, 2.45) is 0 Å². The zero-order valence-electron chi connectivity index (χ0n) is 8.37. The van der Waals surface area contributed by atoms with Gasteiger partial charge in [0, 0.05) is 0 Å². The minimum Gasteiger partial charge on any atom is -0.478 e. The van der Waals surface area contributed by atoms with E-state index in [9.17, 15) is 9.59 Å². The predicted molar refractivity (Wildman–Crippen MR) is 54.2 cm³/mol. The van der Waals surface area contributed by atoms with Crippen LogP contribution < -0.4 is 5.73 Å². The number of anilines is 1. The molecule has 1 rings (SSSR count). The summed E-state index contributed by atoms with van der Waals surface area (Å²) in [6.45, 7) is 3.16. The molecule has 4 N–H and O–H groups in total. The highest BCUT2D eigenvalue weighted by molar-refractivity contribution is 6.04. The Bertz CT molecular complexity index is 413. The van der Waals surface area contributed by atoms with Crippen LogP contribution in [-0.4, -0.2) is 22.2 Å². The van der Waals surface area contributed by atoms with E-state index in [1.54, 1.807) is 13.8 Å². The molecule has 1 aromatic rings. The molecule has 0 aromatic heterocycles. The van der Waals surface area contributed by atoms with Gasteiger partial charge in [-0.25, -0.2) is 9.59 Å². The van der Waals surface area contributed by atoms with Crippen LogP contribution in [0.2, 0.25) is 0 Å². The minimum atomic E-state index is -1.22. The first-order valence-electron chi connectivity index (χ1n) is 4.22. The van der Waals surface area contributed by atoms with Crippen LogP contribution in [0, 0.1) is 13.8 Å². The summed E-state index contributed by atoms with van der Waals surface area (Å²) in [5, 5.41) is 17.7. The van der Waals surface area contributed by atoms with Crippen molar-refractivity contribution < 1.29 is 19.8 Å². The Labute approximate surface area is 86.1 Å². The Balaban J connectivity index is 3.64. The van der Waals surface area contributed by atoms with Crippen LogP contribution >= 0.6 is 0 Å². The van der Waals surface area contributed by atoms with Gasteiger partial charge in [0.05, 0.1) is 16.8 Å². The fourth-order valence-electron chi connectivity index (χ4n) is 1.59. The summed E-state index contributed by atoms with van der Waals surface area (Å²) in [6.07, 6.45) is 0. The predicted octanol–water partition coefficient (Wildman–Crippen LogP) is 1.28. The molecule has 0 atom stereocenters. The molecule has 0 radical (unpaired) electrons. The zero-order chi connectivity index (χ0) is 11.7. The van der Waals surface area contributed by atoms with Gasteiger partial charge in [0.15, 0.2) is 0 Å². The van der Waals surface area contributed by atoms with Crippen molar-refractivity contribution in [1.82, 2.24) is 0 Å². The average Bonchev–Trinajstić information content (AvgIpc) is 1.99. The lowest BCUT2D eigenvalue weighted by Crippen LogP contribution is -2.13. The Hall–Kier alpha value is -2.04. The van der Waals surface area contributed by atoms with Gasteiger partial charge in [0.1, 0.15) is 0 Å². The summed E-state index contributed by atoms with van der Waals surface area (Å²) in [5.74, 6) is -2.43. The first-order valence-corrected chi connectivity index (χ1v) is 4.22. The molecule has 0 saturated carbocycles. The van der Waals surface area contributed by atoms with E-state index in [-0.39, 0.29) is 16.8 Å². The highest BCUT2D eigenvalue weighted by atomic mass is 16.4. The van der Waals surface area contributed by atoms with E-state index in [4.69, 9.17) is 15.9 Å². The maximum atomic E-state index is 10.9. The van der Waals surface area contributed by atoms with Gasteiger partial charge in [-0.1, -0.05) is 6.07 Å². The number of carboxylic acid groups (broad SMARTS) is 2. The number of hydrogen-bond acceptors (Lipinski definition) is 3. The average molecular weight is 209 g/mol. The van der Waals surface area contributed by atoms with Crippen molar-refractivity contribution in [2.75, 3.05) is 5.73 Å². The van der Waals surface area contributed by atoms with E-state index in [0.29, 0.717) is 11.1 Å². The van der Waals surface area contributed by atoms with E-state index in [0.717, 1.165) is 0 Å². The number of nitrogen functional groups attached to an aromatic ring is 1. The van der Waals surface area contributed by atoms with Crippen molar-refractivity contribution in [3.05, 3.63) is 28.3 Å². The summed E-state index contributed by atoms with van der Waals surface area (Å²) in [4.78, 5) is 21.7. The molecular weight excluding hydrogens is 198 g/mol. The lowest BCUT2D eigenvalue weighted by molar-refractivity contribution is 0.0695. The van der Waals surface area contributed by atoms with Gasteiger partial charge in [-0.2, -0.15) is 0 Å². The minimum absolute atomic E-state index is 0.141. The molecule has 1 aromatic carbocycles. The molecule has 0 bridgehead atoms. The number of hydrogen-bond donors (Lipinski definition) is 3. The largest absolute Gasteiger partial charge is 0.478 e. The molecule has 5 nitrogen and oxygen atoms in total. The Morgan fingerprint density at radius 1 is 1.07 bits per heavy atom. The normalized spacial score (nSPS) is 10.0. The van der Waals surface area contributed by atoms with E-state index in [2.05, 4.69) is 0 Å². The SMILES string of the molecule is Cc1cc(C)c(C(=O)O)c(N)c1C(=O)O. The molecule has 0 fully saturated rings. The number of aryl methyl sites for hydroxylation is 2. The van der Waals surface area contributed by atoms with Gasteiger partial charge in [0.25, 0.3) is 0 Å². The zero-order valence-corrected chi connectivity index (χ0v) is 8.37. The second kappa shape index (κ2) is 3.61. The molecule has 0 amide bonds. The standard InChI is InChI=1S/C10H11NO4/c1-4-3-5(2)7(10(14)15)8(11)6(4)9(12)13/h3H,11H2,1-2H3,(H,12,13)(H,14,15). The molecule has 0 saturated heterocycles. The first kappa shape index (κ1) is 11.0.